The predicted octanol–water partition coefficient (Wildman–Crippen LogP) is 7.58. The van der Waals surface area contributed by atoms with E-state index in [4.69, 9.17) is 0 Å². The summed E-state index contributed by atoms with van der Waals surface area (Å²) in [5, 5.41) is 1.78. The van der Waals surface area contributed by atoms with E-state index in [0.717, 1.165) is 22.6 Å². The highest BCUT2D eigenvalue weighted by Gasteiger charge is 2.30. The molecule has 0 aliphatic rings. The van der Waals surface area contributed by atoms with Crippen LogP contribution in [0.25, 0.3) is 0 Å². The maximum Gasteiger partial charge on any atom is 0.416 e. The van der Waals surface area contributed by atoms with Gasteiger partial charge in [0.2, 0.25) is 0 Å². The van der Waals surface area contributed by atoms with E-state index in [9.17, 15) is 17.6 Å². The Hall–Kier alpha value is -2.86. The number of hydrogen-bond acceptors (Lipinski definition) is 2. The zero-order valence-corrected chi connectivity index (χ0v) is 16.3. The Balaban J connectivity index is 1.89. The van der Waals surface area contributed by atoms with E-state index in [0.29, 0.717) is 17.0 Å². The molecule has 3 aromatic carbocycles. The molecule has 6 heteroatoms. The topological polar surface area (TPSA) is 12.4 Å². The van der Waals surface area contributed by atoms with Crippen molar-refractivity contribution < 1.29 is 17.6 Å². The second-order valence-corrected chi connectivity index (χ2v) is 7.26. The van der Waals surface area contributed by atoms with E-state index in [1.807, 2.05) is 31.2 Å². The Kier molecular flexibility index (Phi) is 6.54. The van der Waals surface area contributed by atoms with E-state index in [1.54, 1.807) is 23.6 Å². The van der Waals surface area contributed by atoms with Gasteiger partial charge in [-0.15, -0.1) is 0 Å². The van der Waals surface area contributed by atoms with Crippen molar-refractivity contribution in [3.63, 3.8) is 0 Å². The summed E-state index contributed by atoms with van der Waals surface area (Å²) < 4.78 is 51.6. The standard InChI is InChI=1S/C23H17F4NS/c1-16-2-10-20(11-3-16)28-22(14-15-29-21-12-8-19(24)9-13-21)17-4-6-18(7-5-17)23(25,26)27/h2-15H,1H3/b15-14+,28-22?. The number of allylic oxidation sites excluding steroid dienone is 1. The molecule has 0 saturated carbocycles. The van der Waals surface area contributed by atoms with Gasteiger partial charge in [0.15, 0.2) is 0 Å². The van der Waals surface area contributed by atoms with E-state index >= 15 is 0 Å². The maximum atomic E-state index is 13.0. The van der Waals surface area contributed by atoms with Crippen LogP contribution in [0.15, 0.2) is 94.2 Å². The van der Waals surface area contributed by atoms with Crippen LogP contribution in [0.4, 0.5) is 23.2 Å². The molecular formula is C23H17F4NS. The Labute approximate surface area is 170 Å². The second-order valence-electron chi connectivity index (χ2n) is 6.28. The van der Waals surface area contributed by atoms with Gasteiger partial charge in [-0.05, 0) is 66.9 Å². The molecule has 0 amide bonds. The normalized spacial score (nSPS) is 12.5. The monoisotopic (exact) mass is 415 g/mol. The summed E-state index contributed by atoms with van der Waals surface area (Å²) in [6, 6.07) is 18.5. The highest BCUT2D eigenvalue weighted by atomic mass is 32.2. The number of aryl methyl sites for hydroxylation is 1. The molecule has 3 aromatic rings. The third kappa shape index (κ3) is 6.06. The highest BCUT2D eigenvalue weighted by Crippen LogP contribution is 2.29. The average molecular weight is 415 g/mol. The maximum absolute atomic E-state index is 13.0. The number of hydrogen-bond donors (Lipinski definition) is 0. The third-order valence-corrected chi connectivity index (χ3v) is 4.85. The SMILES string of the molecule is Cc1ccc(N=C(/C=C/Sc2ccc(F)cc2)c2ccc(C(F)(F)F)cc2)cc1. The fourth-order valence-corrected chi connectivity index (χ4v) is 3.12. The number of aliphatic imine (C=N–C) groups is 1. The van der Waals surface area contributed by atoms with Gasteiger partial charge in [-0.2, -0.15) is 13.2 Å². The first kappa shape index (κ1) is 20.9. The second kappa shape index (κ2) is 9.09. The van der Waals surface area contributed by atoms with Gasteiger partial charge < -0.3 is 0 Å². The fraction of sp³-hybridized carbons (Fsp3) is 0.0870. The van der Waals surface area contributed by atoms with Crippen molar-refractivity contribution in [2.75, 3.05) is 0 Å². The number of benzene rings is 3. The molecule has 0 aliphatic carbocycles. The molecule has 0 aliphatic heterocycles. The van der Waals surface area contributed by atoms with Crippen LogP contribution in [-0.2, 0) is 6.18 Å². The van der Waals surface area contributed by atoms with Gasteiger partial charge >= 0.3 is 6.18 Å². The minimum atomic E-state index is -4.39. The van der Waals surface area contributed by atoms with Crippen molar-refractivity contribution in [3.05, 3.63) is 107 Å². The molecule has 0 bridgehead atoms. The minimum Gasteiger partial charge on any atom is -0.248 e. The molecule has 0 radical (unpaired) electrons. The predicted molar refractivity (Wildman–Crippen MR) is 110 cm³/mol. The lowest BCUT2D eigenvalue weighted by Crippen LogP contribution is -2.05. The summed E-state index contributed by atoms with van der Waals surface area (Å²) in [4.78, 5) is 5.42. The number of alkyl halides is 3. The van der Waals surface area contributed by atoms with Gasteiger partial charge in [-0.25, -0.2) is 9.38 Å². The van der Waals surface area contributed by atoms with E-state index in [2.05, 4.69) is 4.99 Å². The highest BCUT2D eigenvalue weighted by molar-refractivity contribution is 8.02. The van der Waals surface area contributed by atoms with Crippen LogP contribution >= 0.6 is 11.8 Å². The van der Waals surface area contributed by atoms with Crippen molar-refractivity contribution in [1.82, 2.24) is 0 Å². The van der Waals surface area contributed by atoms with Crippen molar-refractivity contribution in [2.24, 2.45) is 4.99 Å². The van der Waals surface area contributed by atoms with Crippen LogP contribution in [0.5, 0.6) is 0 Å². The average Bonchev–Trinajstić information content (AvgIpc) is 2.70. The molecule has 0 fully saturated rings. The fourth-order valence-electron chi connectivity index (χ4n) is 2.48. The first-order chi connectivity index (χ1) is 13.8. The minimum absolute atomic E-state index is 0.315. The lowest BCUT2D eigenvalue weighted by atomic mass is 10.1. The molecule has 1 nitrogen and oxygen atoms in total. The van der Waals surface area contributed by atoms with Crippen LogP contribution in [-0.4, -0.2) is 5.71 Å². The quantitative estimate of drug-likeness (QED) is 0.238. The molecule has 29 heavy (non-hydrogen) atoms. The molecule has 148 valence electrons. The Morgan fingerprint density at radius 3 is 2.07 bits per heavy atom. The lowest BCUT2D eigenvalue weighted by molar-refractivity contribution is -0.137. The molecule has 0 heterocycles. The lowest BCUT2D eigenvalue weighted by Gasteiger charge is -2.08. The van der Waals surface area contributed by atoms with Crippen molar-refractivity contribution in [3.8, 4) is 0 Å². The third-order valence-electron chi connectivity index (χ3n) is 4.04. The Morgan fingerprint density at radius 1 is 0.862 bits per heavy atom. The summed E-state index contributed by atoms with van der Waals surface area (Å²) in [7, 11) is 0. The molecule has 0 aromatic heterocycles. The number of nitrogens with zero attached hydrogens (tertiary/aromatic N) is 1. The summed E-state index contributed by atoms with van der Waals surface area (Å²) in [5.41, 5.74) is 2.16. The van der Waals surface area contributed by atoms with Gasteiger partial charge in [0.25, 0.3) is 0 Å². The zero-order valence-electron chi connectivity index (χ0n) is 15.5. The Morgan fingerprint density at radius 2 is 1.48 bits per heavy atom. The van der Waals surface area contributed by atoms with Gasteiger partial charge in [0.05, 0.1) is 17.0 Å². The zero-order chi connectivity index (χ0) is 20.9. The first-order valence-electron chi connectivity index (χ1n) is 8.73. The summed E-state index contributed by atoms with van der Waals surface area (Å²) in [6.45, 7) is 1.96. The van der Waals surface area contributed by atoms with Gasteiger partial charge in [0, 0.05) is 10.5 Å². The molecular weight excluding hydrogens is 398 g/mol. The molecule has 0 atom stereocenters. The van der Waals surface area contributed by atoms with Crippen LogP contribution in [0, 0.1) is 12.7 Å². The largest absolute Gasteiger partial charge is 0.416 e. The van der Waals surface area contributed by atoms with Crippen LogP contribution in [0.1, 0.15) is 16.7 Å². The van der Waals surface area contributed by atoms with E-state index in [-0.39, 0.29) is 5.82 Å². The smallest absolute Gasteiger partial charge is 0.248 e. The summed E-state index contributed by atoms with van der Waals surface area (Å²) in [6.07, 6.45) is -2.66. The first-order valence-corrected chi connectivity index (χ1v) is 9.61. The number of thioether (sulfide) groups is 1. The molecule has 0 N–H and O–H groups in total. The van der Waals surface area contributed by atoms with Crippen LogP contribution in [0.3, 0.4) is 0 Å². The van der Waals surface area contributed by atoms with Gasteiger partial charge in [0.1, 0.15) is 5.82 Å². The molecule has 0 unspecified atom stereocenters. The van der Waals surface area contributed by atoms with Crippen molar-refractivity contribution >= 4 is 23.2 Å². The summed E-state index contributed by atoms with van der Waals surface area (Å²) >= 11 is 1.36. The van der Waals surface area contributed by atoms with Crippen molar-refractivity contribution in [2.45, 2.75) is 18.0 Å². The van der Waals surface area contributed by atoms with Crippen LogP contribution in [0.2, 0.25) is 0 Å². The summed E-state index contributed by atoms with van der Waals surface area (Å²) in [5.74, 6) is -0.315. The molecule has 3 rings (SSSR count). The van der Waals surface area contributed by atoms with Crippen molar-refractivity contribution in [1.29, 1.82) is 0 Å². The van der Waals surface area contributed by atoms with Gasteiger partial charge in [-0.1, -0.05) is 41.6 Å². The number of rotatable bonds is 5. The number of halogens is 4. The van der Waals surface area contributed by atoms with E-state index in [1.165, 1.54) is 36.0 Å². The Bertz CT molecular complexity index is 1000. The molecule has 0 saturated heterocycles. The van der Waals surface area contributed by atoms with Crippen LogP contribution < -0.4 is 0 Å². The van der Waals surface area contributed by atoms with Gasteiger partial charge in [-0.3, -0.25) is 0 Å². The van der Waals surface area contributed by atoms with E-state index < -0.39 is 11.7 Å². The molecule has 0 spiro atoms.